The zero-order valence-corrected chi connectivity index (χ0v) is 10.0. The summed E-state index contributed by atoms with van der Waals surface area (Å²) >= 11 is 0. The minimum Gasteiger partial charge on any atom is -0.370 e. The molecule has 0 saturated carbocycles. The molecule has 0 fully saturated rings. The number of H-pyrrole nitrogens is 1. The Labute approximate surface area is 103 Å². The number of carbonyl (C=O) groups is 1. The molecule has 96 valence electrons. The van der Waals surface area contributed by atoms with E-state index >= 15 is 0 Å². The van der Waals surface area contributed by atoms with Gasteiger partial charge in [-0.3, -0.25) is 9.89 Å². The summed E-state index contributed by atoms with van der Waals surface area (Å²) in [5.74, 6) is 0.786. The van der Waals surface area contributed by atoms with E-state index in [1.807, 2.05) is 6.92 Å². The highest BCUT2D eigenvalue weighted by molar-refractivity contribution is 5.87. The van der Waals surface area contributed by atoms with Crippen LogP contribution in [0.3, 0.4) is 0 Å². The summed E-state index contributed by atoms with van der Waals surface area (Å²) in [5, 5.41) is 13.6. The standard InChI is InChI=1S/C10H15N7O/c1-2-12-10-15-8(13-4-3-7(11)18)6-5-14-17-9(6)16-10/h5H,2-4H2,1H3,(H2,11,18)(H3,12,13,14,15,16,17). The van der Waals surface area contributed by atoms with Crippen LogP contribution in [-0.2, 0) is 4.79 Å². The first kappa shape index (κ1) is 12.1. The maximum Gasteiger partial charge on any atom is 0.226 e. The quantitative estimate of drug-likeness (QED) is 0.575. The van der Waals surface area contributed by atoms with Crippen molar-refractivity contribution in [3.05, 3.63) is 6.20 Å². The normalized spacial score (nSPS) is 10.5. The van der Waals surface area contributed by atoms with E-state index in [0.29, 0.717) is 24.0 Å². The van der Waals surface area contributed by atoms with E-state index in [1.54, 1.807) is 6.20 Å². The molecule has 18 heavy (non-hydrogen) atoms. The van der Waals surface area contributed by atoms with Gasteiger partial charge in [0.05, 0.1) is 11.6 Å². The number of nitrogens with one attached hydrogen (secondary N) is 3. The number of anilines is 2. The van der Waals surface area contributed by atoms with Gasteiger partial charge >= 0.3 is 0 Å². The van der Waals surface area contributed by atoms with Gasteiger partial charge < -0.3 is 16.4 Å². The Hall–Kier alpha value is -2.38. The second-order valence-electron chi connectivity index (χ2n) is 3.70. The van der Waals surface area contributed by atoms with Gasteiger partial charge in [-0.1, -0.05) is 0 Å². The van der Waals surface area contributed by atoms with Crippen LogP contribution in [0.4, 0.5) is 11.8 Å². The average molecular weight is 249 g/mol. The van der Waals surface area contributed by atoms with Crippen molar-refractivity contribution in [2.24, 2.45) is 5.73 Å². The highest BCUT2D eigenvalue weighted by atomic mass is 16.1. The molecule has 0 atom stereocenters. The summed E-state index contributed by atoms with van der Waals surface area (Å²) in [6.07, 6.45) is 1.89. The first-order chi connectivity index (χ1) is 8.70. The first-order valence-corrected chi connectivity index (χ1v) is 5.68. The van der Waals surface area contributed by atoms with Gasteiger partial charge in [-0.15, -0.1) is 0 Å². The molecular formula is C10H15N7O. The van der Waals surface area contributed by atoms with E-state index in [2.05, 4.69) is 30.8 Å². The van der Waals surface area contributed by atoms with E-state index in [4.69, 9.17) is 5.73 Å². The Morgan fingerprint density at radius 3 is 3.00 bits per heavy atom. The molecule has 1 amide bonds. The zero-order chi connectivity index (χ0) is 13.0. The van der Waals surface area contributed by atoms with Gasteiger partial charge in [0.15, 0.2) is 5.65 Å². The van der Waals surface area contributed by atoms with Gasteiger partial charge in [-0.2, -0.15) is 15.1 Å². The van der Waals surface area contributed by atoms with Crippen LogP contribution in [0.1, 0.15) is 13.3 Å². The molecule has 0 saturated heterocycles. The molecule has 0 unspecified atom stereocenters. The van der Waals surface area contributed by atoms with Crippen LogP contribution in [0.15, 0.2) is 6.20 Å². The van der Waals surface area contributed by atoms with Crippen LogP contribution in [0.5, 0.6) is 0 Å². The van der Waals surface area contributed by atoms with E-state index in [1.165, 1.54) is 0 Å². The maximum absolute atomic E-state index is 10.7. The molecule has 5 N–H and O–H groups in total. The average Bonchev–Trinajstić information content (AvgIpc) is 2.77. The van der Waals surface area contributed by atoms with Crippen LogP contribution < -0.4 is 16.4 Å². The van der Waals surface area contributed by atoms with Crippen LogP contribution in [0, 0.1) is 0 Å². The van der Waals surface area contributed by atoms with Gasteiger partial charge in [-0.25, -0.2) is 0 Å². The Morgan fingerprint density at radius 2 is 2.28 bits per heavy atom. The van der Waals surface area contributed by atoms with E-state index in [0.717, 1.165) is 11.9 Å². The molecule has 0 bridgehead atoms. The van der Waals surface area contributed by atoms with E-state index in [-0.39, 0.29) is 12.3 Å². The minimum atomic E-state index is -0.355. The number of nitrogens with zero attached hydrogens (tertiary/aromatic N) is 3. The number of amides is 1. The highest BCUT2D eigenvalue weighted by Gasteiger charge is 2.08. The van der Waals surface area contributed by atoms with Crippen molar-refractivity contribution in [1.82, 2.24) is 20.2 Å². The highest BCUT2D eigenvalue weighted by Crippen LogP contribution is 2.19. The van der Waals surface area contributed by atoms with Crippen LogP contribution in [0.2, 0.25) is 0 Å². The van der Waals surface area contributed by atoms with Crippen molar-refractivity contribution >= 4 is 28.7 Å². The number of carbonyl (C=O) groups excluding carboxylic acids is 1. The van der Waals surface area contributed by atoms with Gasteiger partial charge in [0.2, 0.25) is 11.9 Å². The Kier molecular flexibility index (Phi) is 3.56. The number of fused-ring (bicyclic) bond motifs is 1. The first-order valence-electron chi connectivity index (χ1n) is 5.68. The molecule has 0 aliphatic heterocycles. The number of rotatable bonds is 6. The second-order valence-corrected chi connectivity index (χ2v) is 3.70. The summed E-state index contributed by atoms with van der Waals surface area (Å²) in [6, 6.07) is 0. The lowest BCUT2D eigenvalue weighted by atomic mass is 10.3. The molecule has 0 aromatic carbocycles. The summed E-state index contributed by atoms with van der Waals surface area (Å²) in [5.41, 5.74) is 5.73. The van der Waals surface area contributed by atoms with Gasteiger partial charge in [0, 0.05) is 19.5 Å². The lowest BCUT2D eigenvalue weighted by Crippen LogP contribution is -2.16. The maximum atomic E-state index is 10.7. The fraction of sp³-hybridized carbons (Fsp3) is 0.400. The van der Waals surface area contributed by atoms with Crippen molar-refractivity contribution in [1.29, 1.82) is 0 Å². The molecule has 8 nitrogen and oxygen atoms in total. The topological polar surface area (TPSA) is 122 Å². The van der Waals surface area contributed by atoms with Crippen molar-refractivity contribution in [2.45, 2.75) is 13.3 Å². The summed E-state index contributed by atoms with van der Waals surface area (Å²) < 4.78 is 0. The van der Waals surface area contributed by atoms with Gasteiger partial charge in [0.25, 0.3) is 0 Å². The van der Waals surface area contributed by atoms with E-state index in [9.17, 15) is 4.79 Å². The molecular weight excluding hydrogens is 234 g/mol. The fourth-order valence-corrected chi connectivity index (χ4v) is 1.51. The van der Waals surface area contributed by atoms with Crippen molar-refractivity contribution in [2.75, 3.05) is 23.7 Å². The number of hydrogen-bond donors (Lipinski definition) is 4. The van der Waals surface area contributed by atoms with Crippen molar-refractivity contribution in [3.63, 3.8) is 0 Å². The summed E-state index contributed by atoms with van der Waals surface area (Å²) in [7, 11) is 0. The van der Waals surface area contributed by atoms with Crippen molar-refractivity contribution < 1.29 is 4.79 Å². The predicted octanol–water partition coefficient (Wildman–Crippen LogP) is 0.0720. The molecule has 0 spiro atoms. The van der Waals surface area contributed by atoms with E-state index < -0.39 is 0 Å². The number of aromatic nitrogens is 4. The molecule has 0 radical (unpaired) electrons. The Morgan fingerprint density at radius 1 is 1.44 bits per heavy atom. The molecule has 8 heteroatoms. The summed E-state index contributed by atoms with van der Waals surface area (Å²) in [6.45, 7) is 3.11. The third-order valence-corrected chi connectivity index (χ3v) is 2.31. The Bertz CT molecular complexity index is 550. The second kappa shape index (κ2) is 5.30. The SMILES string of the molecule is CCNc1nc(NCCC(N)=O)c2cn[nH]c2n1. The van der Waals surface area contributed by atoms with Crippen LogP contribution >= 0.6 is 0 Å². The van der Waals surface area contributed by atoms with Gasteiger partial charge in [-0.05, 0) is 6.92 Å². The molecule has 0 aliphatic rings. The predicted molar refractivity (Wildman–Crippen MR) is 68.1 cm³/mol. The monoisotopic (exact) mass is 249 g/mol. The summed E-state index contributed by atoms with van der Waals surface area (Å²) in [4.78, 5) is 19.3. The smallest absolute Gasteiger partial charge is 0.226 e. The third-order valence-electron chi connectivity index (χ3n) is 2.31. The Balaban J connectivity index is 2.22. The number of primary amides is 1. The fourth-order valence-electron chi connectivity index (χ4n) is 1.51. The molecule has 0 aliphatic carbocycles. The zero-order valence-electron chi connectivity index (χ0n) is 10.0. The molecule has 2 aromatic rings. The van der Waals surface area contributed by atoms with Crippen molar-refractivity contribution in [3.8, 4) is 0 Å². The molecule has 2 aromatic heterocycles. The van der Waals surface area contributed by atoms with Gasteiger partial charge in [0.1, 0.15) is 5.82 Å². The minimum absolute atomic E-state index is 0.250. The lowest BCUT2D eigenvalue weighted by Gasteiger charge is -2.07. The number of aromatic amines is 1. The lowest BCUT2D eigenvalue weighted by molar-refractivity contribution is -0.117. The third kappa shape index (κ3) is 2.65. The van der Waals surface area contributed by atoms with Crippen LogP contribution in [-0.4, -0.2) is 39.2 Å². The van der Waals surface area contributed by atoms with Crippen LogP contribution in [0.25, 0.3) is 11.0 Å². The molecule has 2 heterocycles. The largest absolute Gasteiger partial charge is 0.370 e. The number of hydrogen-bond acceptors (Lipinski definition) is 6. The number of nitrogens with two attached hydrogens (primary N) is 1. The molecule has 2 rings (SSSR count).